The van der Waals surface area contributed by atoms with Crippen LogP contribution in [0.15, 0.2) is 47.4 Å². The maximum absolute atomic E-state index is 12.7. The molecule has 1 N–H and O–H groups in total. The molecular weight excluding hydrogens is 382 g/mol. The lowest BCUT2D eigenvalue weighted by molar-refractivity contribution is 0.445. The average Bonchev–Trinajstić information content (AvgIpc) is 3.06. The lowest BCUT2D eigenvalue weighted by Crippen LogP contribution is -2.30. The molecule has 0 aliphatic rings. The molecule has 0 aliphatic heterocycles. The zero-order valence-electron chi connectivity index (χ0n) is 15.5. The summed E-state index contributed by atoms with van der Waals surface area (Å²) in [7, 11) is -3.52. The van der Waals surface area contributed by atoms with E-state index in [0.29, 0.717) is 35.0 Å². The first kappa shape index (κ1) is 19.6. The van der Waals surface area contributed by atoms with E-state index in [2.05, 4.69) is 9.97 Å². The van der Waals surface area contributed by atoms with Crippen LogP contribution < -0.4 is 0 Å². The van der Waals surface area contributed by atoms with E-state index >= 15 is 0 Å². The van der Waals surface area contributed by atoms with Crippen molar-refractivity contribution in [3.05, 3.63) is 59.4 Å². The topological polar surface area (TPSA) is 66.1 Å². The van der Waals surface area contributed by atoms with Gasteiger partial charge in [0.05, 0.1) is 21.0 Å². The van der Waals surface area contributed by atoms with E-state index in [1.54, 1.807) is 18.2 Å². The van der Waals surface area contributed by atoms with Crippen LogP contribution in [0.4, 0.5) is 0 Å². The van der Waals surface area contributed by atoms with Crippen molar-refractivity contribution in [3.8, 4) is 0 Å². The fraction of sp³-hybridized carbons (Fsp3) is 0.250. The Labute approximate surface area is 164 Å². The zero-order valence-corrected chi connectivity index (χ0v) is 17.1. The fourth-order valence-electron chi connectivity index (χ4n) is 2.95. The quantitative estimate of drug-likeness (QED) is 0.652. The lowest BCUT2D eigenvalue weighted by Gasteiger charge is -2.18. The van der Waals surface area contributed by atoms with Gasteiger partial charge in [-0.3, -0.25) is 0 Å². The van der Waals surface area contributed by atoms with Gasteiger partial charge in [0.1, 0.15) is 5.82 Å². The number of aromatic amines is 1. The third-order valence-corrected chi connectivity index (χ3v) is 6.69. The second kappa shape index (κ2) is 7.84. The Balaban J connectivity index is 1.99. The molecule has 0 saturated heterocycles. The Hall–Kier alpha value is -2.15. The van der Waals surface area contributed by atoms with Crippen LogP contribution >= 0.6 is 11.6 Å². The second-order valence-electron chi connectivity index (χ2n) is 6.26. The molecule has 1 aromatic heterocycles. The van der Waals surface area contributed by atoms with Gasteiger partial charge in [-0.25, -0.2) is 13.4 Å². The first-order valence-electron chi connectivity index (χ1n) is 8.79. The number of rotatable bonds is 6. The van der Waals surface area contributed by atoms with E-state index in [0.717, 1.165) is 11.1 Å². The van der Waals surface area contributed by atoms with Gasteiger partial charge in [0.15, 0.2) is 0 Å². The molecule has 0 amide bonds. The molecule has 7 heteroatoms. The summed E-state index contributed by atoms with van der Waals surface area (Å²) in [6.07, 6.45) is 1.83. The Morgan fingerprint density at radius 2 is 1.93 bits per heavy atom. The molecule has 0 spiro atoms. The van der Waals surface area contributed by atoms with Crippen LogP contribution in [0.25, 0.3) is 22.1 Å². The number of benzene rings is 2. The van der Waals surface area contributed by atoms with Gasteiger partial charge in [-0.1, -0.05) is 55.3 Å². The molecule has 0 fully saturated rings. The van der Waals surface area contributed by atoms with Gasteiger partial charge in [-0.2, -0.15) is 4.31 Å². The summed E-state index contributed by atoms with van der Waals surface area (Å²) >= 11 is 6.43. The van der Waals surface area contributed by atoms with Gasteiger partial charge in [0.25, 0.3) is 0 Å². The average molecular weight is 404 g/mol. The molecule has 0 saturated carbocycles. The number of hydrogen-bond donors (Lipinski definition) is 1. The number of aromatic nitrogens is 2. The number of imidazole rings is 1. The van der Waals surface area contributed by atoms with Crippen molar-refractivity contribution >= 4 is 43.8 Å². The molecule has 0 unspecified atom stereocenters. The van der Waals surface area contributed by atoms with Crippen molar-refractivity contribution in [2.24, 2.45) is 0 Å². The predicted octanol–water partition coefficient (Wildman–Crippen LogP) is 4.64. The number of halogens is 1. The highest BCUT2D eigenvalue weighted by Crippen LogP contribution is 2.25. The van der Waals surface area contributed by atoms with Crippen molar-refractivity contribution in [2.45, 2.75) is 25.7 Å². The Morgan fingerprint density at radius 1 is 1.19 bits per heavy atom. The molecule has 0 radical (unpaired) electrons. The van der Waals surface area contributed by atoms with Crippen LogP contribution in [0.1, 0.15) is 30.8 Å². The zero-order chi connectivity index (χ0) is 19.6. The fourth-order valence-corrected chi connectivity index (χ4v) is 4.65. The highest BCUT2D eigenvalue weighted by molar-refractivity contribution is 7.89. The van der Waals surface area contributed by atoms with Crippen molar-refractivity contribution in [1.29, 1.82) is 0 Å². The smallest absolute Gasteiger partial charge is 0.243 e. The van der Waals surface area contributed by atoms with Gasteiger partial charge >= 0.3 is 0 Å². The van der Waals surface area contributed by atoms with Crippen LogP contribution in [0.5, 0.6) is 0 Å². The molecule has 27 heavy (non-hydrogen) atoms. The molecule has 5 nitrogen and oxygen atoms in total. The molecule has 3 aromatic rings. The van der Waals surface area contributed by atoms with Crippen molar-refractivity contribution < 1.29 is 8.42 Å². The summed E-state index contributed by atoms with van der Waals surface area (Å²) in [6, 6.07) is 12.9. The van der Waals surface area contributed by atoms with Crippen LogP contribution in [0.3, 0.4) is 0 Å². The van der Waals surface area contributed by atoms with Crippen molar-refractivity contribution in [2.75, 3.05) is 13.1 Å². The molecular formula is C20H22ClN3O2S. The summed E-state index contributed by atoms with van der Waals surface area (Å²) in [4.78, 5) is 7.84. The number of nitrogens with zero attached hydrogens (tertiary/aromatic N) is 2. The largest absolute Gasteiger partial charge is 0.337 e. The van der Waals surface area contributed by atoms with E-state index in [4.69, 9.17) is 11.6 Å². The SMILES string of the molecule is CCN(CC)S(=O)(=O)c1ccc2nc(/C(Cl)=C/c3cccc(C)c3)[nH]c2c1. The van der Waals surface area contributed by atoms with Crippen molar-refractivity contribution in [3.63, 3.8) is 0 Å². The van der Waals surface area contributed by atoms with E-state index in [9.17, 15) is 8.42 Å². The van der Waals surface area contributed by atoms with Gasteiger partial charge < -0.3 is 4.98 Å². The minimum atomic E-state index is -3.52. The van der Waals surface area contributed by atoms with Gasteiger partial charge in [0, 0.05) is 13.1 Å². The maximum atomic E-state index is 12.7. The normalized spacial score (nSPS) is 12.9. The minimum Gasteiger partial charge on any atom is -0.337 e. The number of sulfonamides is 1. The summed E-state index contributed by atoms with van der Waals surface area (Å²) < 4.78 is 26.8. The molecule has 1 heterocycles. The monoisotopic (exact) mass is 403 g/mol. The van der Waals surface area contributed by atoms with E-state index in [1.807, 2.05) is 51.1 Å². The Kier molecular flexibility index (Phi) is 5.69. The highest BCUT2D eigenvalue weighted by atomic mass is 35.5. The van der Waals surface area contributed by atoms with Crippen LogP contribution in [-0.2, 0) is 10.0 Å². The molecule has 142 valence electrons. The van der Waals surface area contributed by atoms with Gasteiger partial charge in [-0.15, -0.1) is 0 Å². The van der Waals surface area contributed by atoms with Crippen molar-refractivity contribution in [1.82, 2.24) is 14.3 Å². The second-order valence-corrected chi connectivity index (χ2v) is 8.61. The number of hydrogen-bond acceptors (Lipinski definition) is 3. The first-order chi connectivity index (χ1) is 12.8. The summed E-state index contributed by atoms with van der Waals surface area (Å²) in [5.41, 5.74) is 3.42. The summed E-state index contributed by atoms with van der Waals surface area (Å²) in [5, 5.41) is 0.463. The summed E-state index contributed by atoms with van der Waals surface area (Å²) in [6.45, 7) is 6.52. The summed E-state index contributed by atoms with van der Waals surface area (Å²) in [5.74, 6) is 0.505. The molecule has 0 atom stereocenters. The van der Waals surface area contributed by atoms with E-state index in [-0.39, 0.29) is 4.90 Å². The van der Waals surface area contributed by atoms with Crippen LogP contribution in [-0.4, -0.2) is 35.8 Å². The van der Waals surface area contributed by atoms with Gasteiger partial charge in [-0.05, 0) is 36.8 Å². The van der Waals surface area contributed by atoms with Crippen LogP contribution in [0.2, 0.25) is 0 Å². The van der Waals surface area contributed by atoms with E-state index in [1.165, 1.54) is 4.31 Å². The Morgan fingerprint density at radius 3 is 2.59 bits per heavy atom. The highest BCUT2D eigenvalue weighted by Gasteiger charge is 2.22. The maximum Gasteiger partial charge on any atom is 0.243 e. The molecule has 0 bridgehead atoms. The predicted molar refractivity (Wildman–Crippen MR) is 111 cm³/mol. The third-order valence-electron chi connectivity index (χ3n) is 4.36. The third kappa shape index (κ3) is 4.08. The first-order valence-corrected chi connectivity index (χ1v) is 10.6. The lowest BCUT2D eigenvalue weighted by atomic mass is 10.1. The number of aryl methyl sites for hydroxylation is 1. The van der Waals surface area contributed by atoms with E-state index < -0.39 is 10.0 Å². The van der Waals surface area contributed by atoms with Crippen LogP contribution in [0, 0.1) is 6.92 Å². The molecule has 0 aliphatic carbocycles. The number of nitrogens with one attached hydrogen (secondary N) is 1. The van der Waals surface area contributed by atoms with Gasteiger partial charge in [0.2, 0.25) is 10.0 Å². The molecule has 2 aromatic carbocycles. The standard InChI is InChI=1S/C20H22ClN3O2S/c1-4-24(5-2)27(25,26)16-9-10-18-19(13-16)23-20(22-18)17(21)12-15-8-6-7-14(3)11-15/h6-13H,4-5H2,1-3H3,(H,22,23)/b17-12-. The number of H-pyrrole nitrogens is 1. The number of fused-ring (bicyclic) bond motifs is 1. The molecule has 3 rings (SSSR count). The Bertz CT molecular complexity index is 1100. The minimum absolute atomic E-state index is 0.243.